The SMILES string of the molecule is COc1ccc(C=CC(=O)C=Cc2ccc(N(C)C)cc2)cc1. The Balaban J connectivity index is 1.96. The molecule has 3 heteroatoms. The van der Waals surface area contributed by atoms with Gasteiger partial charge in [0.25, 0.3) is 0 Å². The number of rotatable bonds is 6. The van der Waals surface area contributed by atoms with E-state index in [9.17, 15) is 4.79 Å². The van der Waals surface area contributed by atoms with Gasteiger partial charge in [-0.15, -0.1) is 0 Å². The molecule has 2 aromatic rings. The van der Waals surface area contributed by atoms with Gasteiger partial charge >= 0.3 is 0 Å². The molecular formula is C20H21NO2. The molecule has 0 amide bonds. The third-order valence-electron chi connectivity index (χ3n) is 3.41. The Bertz CT molecular complexity index is 695. The Hall–Kier alpha value is -2.81. The molecule has 118 valence electrons. The zero-order valence-electron chi connectivity index (χ0n) is 13.7. The first kappa shape index (κ1) is 16.6. The Kier molecular flexibility index (Phi) is 5.75. The number of carbonyl (C=O) groups is 1. The van der Waals surface area contributed by atoms with Crippen molar-refractivity contribution >= 4 is 23.6 Å². The third kappa shape index (κ3) is 5.15. The molecule has 2 rings (SSSR count). The largest absolute Gasteiger partial charge is 0.497 e. The summed E-state index contributed by atoms with van der Waals surface area (Å²) in [6.45, 7) is 0. The van der Waals surface area contributed by atoms with Crippen molar-refractivity contribution in [1.82, 2.24) is 0 Å². The van der Waals surface area contributed by atoms with Crippen LogP contribution in [0, 0.1) is 0 Å². The lowest BCUT2D eigenvalue weighted by Gasteiger charge is -2.11. The monoisotopic (exact) mass is 307 g/mol. The van der Waals surface area contributed by atoms with Gasteiger partial charge in [-0.25, -0.2) is 0 Å². The topological polar surface area (TPSA) is 29.5 Å². The standard InChI is InChI=1S/C20H21NO2/c1-21(2)18-10-4-16(5-11-18)6-12-19(22)13-7-17-8-14-20(23-3)15-9-17/h4-15H,1-3H3. The van der Waals surface area contributed by atoms with E-state index in [1.807, 2.05) is 73.6 Å². The van der Waals surface area contributed by atoms with Crippen LogP contribution in [0.15, 0.2) is 60.7 Å². The molecule has 0 aliphatic heterocycles. The highest BCUT2D eigenvalue weighted by Gasteiger charge is 1.95. The third-order valence-corrected chi connectivity index (χ3v) is 3.41. The van der Waals surface area contributed by atoms with E-state index in [0.717, 1.165) is 22.6 Å². The van der Waals surface area contributed by atoms with Gasteiger partial charge in [-0.2, -0.15) is 0 Å². The highest BCUT2D eigenvalue weighted by molar-refractivity contribution is 6.04. The fraction of sp³-hybridized carbons (Fsp3) is 0.150. The second-order valence-corrected chi connectivity index (χ2v) is 5.33. The molecule has 0 fully saturated rings. The van der Waals surface area contributed by atoms with Crippen LogP contribution in [0.4, 0.5) is 5.69 Å². The molecule has 0 N–H and O–H groups in total. The molecule has 0 aliphatic rings. The molecule has 0 saturated heterocycles. The maximum atomic E-state index is 11.9. The van der Waals surface area contributed by atoms with E-state index >= 15 is 0 Å². The number of benzene rings is 2. The second-order valence-electron chi connectivity index (χ2n) is 5.33. The van der Waals surface area contributed by atoms with Crippen molar-refractivity contribution in [2.45, 2.75) is 0 Å². The van der Waals surface area contributed by atoms with Gasteiger partial charge in [-0.3, -0.25) is 4.79 Å². The van der Waals surface area contributed by atoms with Gasteiger partial charge in [0.1, 0.15) is 5.75 Å². The van der Waals surface area contributed by atoms with Gasteiger partial charge < -0.3 is 9.64 Å². The van der Waals surface area contributed by atoms with Crippen LogP contribution in [0.1, 0.15) is 11.1 Å². The van der Waals surface area contributed by atoms with Gasteiger partial charge in [0.2, 0.25) is 0 Å². The number of ether oxygens (including phenoxy) is 1. The number of anilines is 1. The molecule has 23 heavy (non-hydrogen) atoms. The number of allylic oxidation sites excluding steroid dienone is 2. The molecule has 0 heterocycles. The van der Waals surface area contributed by atoms with Crippen LogP contribution in [0.3, 0.4) is 0 Å². The Morgan fingerprint density at radius 2 is 1.35 bits per heavy atom. The summed E-state index contributed by atoms with van der Waals surface area (Å²) in [7, 11) is 5.63. The molecule has 0 saturated carbocycles. The smallest absolute Gasteiger partial charge is 0.178 e. The predicted molar refractivity (Wildman–Crippen MR) is 96.8 cm³/mol. The fourth-order valence-electron chi connectivity index (χ4n) is 2.01. The van der Waals surface area contributed by atoms with Crippen LogP contribution in [0.5, 0.6) is 5.75 Å². The van der Waals surface area contributed by atoms with Gasteiger partial charge in [-0.1, -0.05) is 36.4 Å². The van der Waals surface area contributed by atoms with Gasteiger partial charge in [0, 0.05) is 19.8 Å². The van der Waals surface area contributed by atoms with Crippen LogP contribution in [0.25, 0.3) is 12.2 Å². The van der Waals surface area contributed by atoms with E-state index in [1.54, 1.807) is 25.3 Å². The van der Waals surface area contributed by atoms with Crippen molar-refractivity contribution in [1.29, 1.82) is 0 Å². The molecule has 0 atom stereocenters. The van der Waals surface area contributed by atoms with Crippen molar-refractivity contribution < 1.29 is 9.53 Å². The maximum Gasteiger partial charge on any atom is 0.178 e. The number of nitrogens with zero attached hydrogens (tertiary/aromatic N) is 1. The van der Waals surface area contributed by atoms with Crippen molar-refractivity contribution in [2.75, 3.05) is 26.1 Å². The zero-order valence-corrected chi connectivity index (χ0v) is 13.7. The molecular weight excluding hydrogens is 286 g/mol. The Morgan fingerprint density at radius 3 is 1.78 bits per heavy atom. The first-order chi connectivity index (χ1) is 11.1. The number of hydrogen-bond acceptors (Lipinski definition) is 3. The minimum atomic E-state index is -0.0440. The summed E-state index contributed by atoms with van der Waals surface area (Å²) in [6.07, 6.45) is 6.75. The summed E-state index contributed by atoms with van der Waals surface area (Å²) >= 11 is 0. The highest BCUT2D eigenvalue weighted by Crippen LogP contribution is 2.14. The van der Waals surface area contributed by atoms with E-state index in [0.29, 0.717) is 0 Å². The Labute approximate surface area is 137 Å². The quantitative estimate of drug-likeness (QED) is 0.754. The fourth-order valence-corrected chi connectivity index (χ4v) is 2.01. The molecule has 3 nitrogen and oxygen atoms in total. The molecule has 0 spiro atoms. The Morgan fingerprint density at radius 1 is 0.870 bits per heavy atom. The number of ketones is 1. The molecule has 0 aliphatic carbocycles. The summed E-state index contributed by atoms with van der Waals surface area (Å²) in [5.41, 5.74) is 3.09. The van der Waals surface area contributed by atoms with Crippen molar-refractivity contribution in [3.8, 4) is 5.75 Å². The molecule has 2 aromatic carbocycles. The molecule has 0 aromatic heterocycles. The van der Waals surface area contributed by atoms with Crippen molar-refractivity contribution in [2.24, 2.45) is 0 Å². The van der Waals surface area contributed by atoms with Crippen LogP contribution in [-0.4, -0.2) is 27.0 Å². The van der Waals surface area contributed by atoms with Gasteiger partial charge in [0.15, 0.2) is 5.78 Å². The summed E-state index contributed by atoms with van der Waals surface area (Å²) in [6, 6.07) is 15.6. The van der Waals surface area contributed by atoms with E-state index in [2.05, 4.69) is 0 Å². The lowest BCUT2D eigenvalue weighted by Crippen LogP contribution is -2.07. The van der Waals surface area contributed by atoms with Crippen LogP contribution in [-0.2, 0) is 4.79 Å². The predicted octanol–water partition coefficient (Wildman–Crippen LogP) is 4.06. The summed E-state index contributed by atoms with van der Waals surface area (Å²) in [5, 5.41) is 0. The van der Waals surface area contributed by atoms with Crippen LogP contribution < -0.4 is 9.64 Å². The molecule has 0 radical (unpaired) electrons. The molecule has 0 bridgehead atoms. The minimum Gasteiger partial charge on any atom is -0.497 e. The first-order valence-electron chi connectivity index (χ1n) is 7.40. The van der Waals surface area contributed by atoms with E-state index in [1.165, 1.54) is 0 Å². The summed E-state index contributed by atoms with van der Waals surface area (Å²) in [5.74, 6) is 0.757. The van der Waals surface area contributed by atoms with E-state index < -0.39 is 0 Å². The number of hydrogen-bond donors (Lipinski definition) is 0. The first-order valence-corrected chi connectivity index (χ1v) is 7.40. The number of methoxy groups -OCH3 is 1. The van der Waals surface area contributed by atoms with E-state index in [4.69, 9.17) is 4.74 Å². The second kappa shape index (κ2) is 7.99. The minimum absolute atomic E-state index is 0.0440. The van der Waals surface area contributed by atoms with Gasteiger partial charge in [-0.05, 0) is 47.5 Å². The number of carbonyl (C=O) groups excluding carboxylic acids is 1. The molecule has 0 unspecified atom stereocenters. The van der Waals surface area contributed by atoms with Crippen LogP contribution >= 0.6 is 0 Å². The van der Waals surface area contributed by atoms with E-state index in [-0.39, 0.29) is 5.78 Å². The van der Waals surface area contributed by atoms with Gasteiger partial charge in [0.05, 0.1) is 7.11 Å². The van der Waals surface area contributed by atoms with Crippen molar-refractivity contribution in [3.63, 3.8) is 0 Å². The average Bonchev–Trinajstić information content (AvgIpc) is 2.59. The zero-order chi connectivity index (χ0) is 16.7. The summed E-state index contributed by atoms with van der Waals surface area (Å²) < 4.78 is 5.10. The van der Waals surface area contributed by atoms with Crippen molar-refractivity contribution in [3.05, 3.63) is 71.8 Å². The highest BCUT2D eigenvalue weighted by atomic mass is 16.5. The summed E-state index contributed by atoms with van der Waals surface area (Å²) in [4.78, 5) is 13.9. The average molecular weight is 307 g/mol. The lowest BCUT2D eigenvalue weighted by atomic mass is 10.1. The van der Waals surface area contributed by atoms with Crippen LogP contribution in [0.2, 0.25) is 0 Å². The maximum absolute atomic E-state index is 11.9. The normalized spacial score (nSPS) is 11.1. The lowest BCUT2D eigenvalue weighted by molar-refractivity contribution is -0.110.